The molecule has 0 bridgehead atoms. The van der Waals surface area contributed by atoms with E-state index in [1.807, 2.05) is 72.6 Å². The number of rotatable bonds is 7. The summed E-state index contributed by atoms with van der Waals surface area (Å²) in [5.41, 5.74) is 4.80. The smallest absolute Gasteiger partial charge is 0.325 e. The third-order valence-corrected chi connectivity index (χ3v) is 6.59. The van der Waals surface area contributed by atoms with Gasteiger partial charge in [0, 0.05) is 12.2 Å². The number of ether oxygens (including phenoxy) is 1. The number of amides is 3. The van der Waals surface area contributed by atoms with Gasteiger partial charge in [0.15, 0.2) is 0 Å². The Bertz CT molecular complexity index is 1300. The molecule has 3 aromatic rings. The van der Waals surface area contributed by atoms with Gasteiger partial charge in [-0.1, -0.05) is 42.0 Å². The van der Waals surface area contributed by atoms with Crippen LogP contribution in [0.1, 0.15) is 42.6 Å². The van der Waals surface area contributed by atoms with Crippen LogP contribution in [0, 0.1) is 6.92 Å². The Morgan fingerprint density at radius 3 is 2.53 bits per heavy atom. The molecule has 3 amide bonds. The lowest BCUT2D eigenvalue weighted by Gasteiger charge is -2.39. The van der Waals surface area contributed by atoms with Gasteiger partial charge in [0.2, 0.25) is 5.91 Å². The van der Waals surface area contributed by atoms with E-state index in [2.05, 4.69) is 16.0 Å². The molecule has 8 nitrogen and oxygen atoms in total. The molecule has 1 saturated carbocycles. The SMILES string of the molecule is CCOC(=O)CNC(=O)N(CC(=O)N1c2ccccc2-n2cccc2C1c1cccc(C)c1)C1CC1. The average Bonchev–Trinajstić information content (AvgIpc) is 3.60. The van der Waals surface area contributed by atoms with Crippen molar-refractivity contribution in [2.24, 2.45) is 0 Å². The zero-order valence-electron chi connectivity index (χ0n) is 20.5. The predicted molar refractivity (Wildman–Crippen MR) is 136 cm³/mol. The van der Waals surface area contributed by atoms with E-state index < -0.39 is 12.0 Å². The van der Waals surface area contributed by atoms with Crippen molar-refractivity contribution in [2.45, 2.75) is 38.8 Å². The number of carbonyl (C=O) groups is 3. The van der Waals surface area contributed by atoms with Crippen molar-refractivity contribution >= 4 is 23.6 Å². The fraction of sp³-hybridized carbons (Fsp3) is 0.321. The molecule has 1 aromatic heterocycles. The Labute approximate surface area is 210 Å². The van der Waals surface area contributed by atoms with E-state index in [-0.39, 0.29) is 37.7 Å². The molecule has 5 rings (SSSR count). The van der Waals surface area contributed by atoms with Gasteiger partial charge in [0.1, 0.15) is 19.1 Å². The number of hydrogen-bond acceptors (Lipinski definition) is 4. The van der Waals surface area contributed by atoms with E-state index in [0.717, 1.165) is 41.0 Å². The van der Waals surface area contributed by atoms with Gasteiger partial charge < -0.3 is 19.5 Å². The van der Waals surface area contributed by atoms with Gasteiger partial charge in [-0.15, -0.1) is 0 Å². The molecular weight excluding hydrogens is 456 g/mol. The molecule has 1 unspecified atom stereocenters. The molecule has 0 radical (unpaired) electrons. The van der Waals surface area contributed by atoms with Crippen molar-refractivity contribution in [3.05, 3.63) is 83.7 Å². The maximum atomic E-state index is 14.1. The molecule has 2 aromatic carbocycles. The first-order valence-electron chi connectivity index (χ1n) is 12.3. The molecule has 1 aliphatic heterocycles. The lowest BCUT2D eigenvalue weighted by molar-refractivity contribution is -0.141. The minimum atomic E-state index is -0.502. The molecule has 2 aliphatic rings. The number of benzene rings is 2. The van der Waals surface area contributed by atoms with Crippen molar-refractivity contribution in [3.63, 3.8) is 0 Å². The van der Waals surface area contributed by atoms with Gasteiger partial charge in [-0.25, -0.2) is 4.79 Å². The molecule has 186 valence electrons. The summed E-state index contributed by atoms with van der Waals surface area (Å²) in [5.74, 6) is -0.683. The molecular formula is C28H30N4O4. The Hall–Kier alpha value is -4.07. The Morgan fingerprint density at radius 1 is 1.03 bits per heavy atom. The fourth-order valence-electron chi connectivity index (χ4n) is 4.85. The highest BCUT2D eigenvalue weighted by atomic mass is 16.5. The van der Waals surface area contributed by atoms with E-state index in [9.17, 15) is 14.4 Å². The van der Waals surface area contributed by atoms with E-state index >= 15 is 0 Å². The number of carbonyl (C=O) groups excluding carboxylic acids is 3. The Morgan fingerprint density at radius 2 is 1.81 bits per heavy atom. The highest BCUT2D eigenvalue weighted by molar-refractivity contribution is 6.00. The molecule has 8 heteroatoms. The van der Waals surface area contributed by atoms with Crippen LogP contribution in [0.4, 0.5) is 10.5 Å². The second kappa shape index (κ2) is 9.89. The normalized spacial score (nSPS) is 16.1. The predicted octanol–water partition coefficient (Wildman–Crippen LogP) is 3.96. The van der Waals surface area contributed by atoms with Crippen LogP contribution in [0.2, 0.25) is 0 Å². The highest BCUT2D eigenvalue weighted by Crippen LogP contribution is 2.42. The van der Waals surface area contributed by atoms with E-state index in [4.69, 9.17) is 4.74 Å². The molecule has 36 heavy (non-hydrogen) atoms. The van der Waals surface area contributed by atoms with Crippen molar-refractivity contribution in [3.8, 4) is 5.69 Å². The summed E-state index contributed by atoms with van der Waals surface area (Å²) in [6, 6.07) is 19.2. The van der Waals surface area contributed by atoms with Crippen molar-refractivity contribution in [2.75, 3.05) is 24.6 Å². The molecule has 1 aliphatic carbocycles. The minimum Gasteiger partial charge on any atom is -0.465 e. The first-order valence-corrected chi connectivity index (χ1v) is 12.3. The Kier molecular flexibility index (Phi) is 6.50. The van der Waals surface area contributed by atoms with Gasteiger partial charge in [-0.05, 0) is 56.5 Å². The van der Waals surface area contributed by atoms with Gasteiger partial charge in [0.25, 0.3) is 0 Å². The number of anilines is 1. The van der Waals surface area contributed by atoms with Crippen LogP contribution in [0.5, 0.6) is 0 Å². The van der Waals surface area contributed by atoms with E-state index in [1.165, 1.54) is 0 Å². The maximum absolute atomic E-state index is 14.1. The van der Waals surface area contributed by atoms with Gasteiger partial charge in [-0.2, -0.15) is 0 Å². The van der Waals surface area contributed by atoms with Crippen LogP contribution in [0.15, 0.2) is 66.9 Å². The standard InChI is InChI=1S/C28H30N4O4/c1-3-36-26(34)17-29-28(35)31(21-13-14-21)18-25(33)32-23-11-5-4-10-22(23)30-15-7-12-24(30)27(32)20-9-6-8-19(2)16-20/h4-12,15-16,21,27H,3,13-14,17-18H2,1-2H3,(H,29,35). The van der Waals surface area contributed by atoms with Crippen molar-refractivity contribution < 1.29 is 19.1 Å². The van der Waals surface area contributed by atoms with E-state index in [0.29, 0.717) is 0 Å². The van der Waals surface area contributed by atoms with E-state index in [1.54, 1.807) is 11.8 Å². The van der Waals surface area contributed by atoms with Crippen molar-refractivity contribution in [1.29, 1.82) is 0 Å². The zero-order valence-corrected chi connectivity index (χ0v) is 20.5. The number of aryl methyl sites for hydroxylation is 1. The van der Waals surface area contributed by atoms with Crippen LogP contribution in [-0.2, 0) is 14.3 Å². The second-order valence-electron chi connectivity index (χ2n) is 9.19. The first kappa shape index (κ1) is 23.7. The third kappa shape index (κ3) is 4.58. The highest BCUT2D eigenvalue weighted by Gasteiger charge is 2.40. The minimum absolute atomic E-state index is 0.0162. The molecule has 1 N–H and O–H groups in total. The largest absolute Gasteiger partial charge is 0.465 e. The summed E-state index contributed by atoms with van der Waals surface area (Å²) in [4.78, 5) is 42.1. The quantitative estimate of drug-likeness (QED) is 0.513. The number of urea groups is 1. The van der Waals surface area contributed by atoms with Crippen LogP contribution in [-0.4, -0.2) is 53.1 Å². The molecule has 0 spiro atoms. The lowest BCUT2D eigenvalue weighted by Crippen LogP contribution is -2.50. The summed E-state index contributed by atoms with van der Waals surface area (Å²) in [5, 5.41) is 2.62. The summed E-state index contributed by atoms with van der Waals surface area (Å²) < 4.78 is 7.03. The molecule has 1 fully saturated rings. The van der Waals surface area contributed by atoms with Gasteiger partial charge >= 0.3 is 12.0 Å². The number of nitrogens with zero attached hydrogens (tertiary/aromatic N) is 3. The maximum Gasteiger partial charge on any atom is 0.325 e. The fourth-order valence-corrected chi connectivity index (χ4v) is 4.85. The molecule has 1 atom stereocenters. The lowest BCUT2D eigenvalue weighted by atomic mass is 9.96. The average molecular weight is 487 g/mol. The number of fused-ring (bicyclic) bond motifs is 3. The number of nitrogens with one attached hydrogen (secondary N) is 1. The second-order valence-corrected chi connectivity index (χ2v) is 9.19. The first-order chi connectivity index (χ1) is 17.5. The number of esters is 1. The summed E-state index contributed by atoms with van der Waals surface area (Å²) in [7, 11) is 0. The van der Waals surface area contributed by atoms with Gasteiger partial charge in [0.05, 0.1) is 23.7 Å². The van der Waals surface area contributed by atoms with Crippen molar-refractivity contribution in [1.82, 2.24) is 14.8 Å². The number of aromatic nitrogens is 1. The monoisotopic (exact) mass is 486 g/mol. The van der Waals surface area contributed by atoms with Gasteiger partial charge in [-0.3, -0.25) is 14.5 Å². The molecule has 0 saturated heterocycles. The number of para-hydroxylation sites is 2. The van der Waals surface area contributed by atoms with Crippen LogP contribution in [0.3, 0.4) is 0 Å². The Balaban J connectivity index is 1.48. The van der Waals surface area contributed by atoms with Crippen LogP contribution in [0.25, 0.3) is 5.69 Å². The molecule has 2 heterocycles. The zero-order chi connectivity index (χ0) is 25.2. The topological polar surface area (TPSA) is 83.9 Å². The summed E-state index contributed by atoms with van der Waals surface area (Å²) >= 11 is 0. The third-order valence-electron chi connectivity index (χ3n) is 6.59. The van der Waals surface area contributed by atoms with Crippen LogP contribution >= 0.6 is 0 Å². The number of hydrogen-bond donors (Lipinski definition) is 1. The van der Waals surface area contributed by atoms with Crippen LogP contribution < -0.4 is 10.2 Å². The summed E-state index contributed by atoms with van der Waals surface area (Å²) in [6.45, 7) is 3.68. The summed E-state index contributed by atoms with van der Waals surface area (Å²) in [6.07, 6.45) is 3.68.